The van der Waals surface area contributed by atoms with Gasteiger partial charge < -0.3 is 14.8 Å². The number of benzene rings is 3. The highest BCUT2D eigenvalue weighted by molar-refractivity contribution is 7.92. The summed E-state index contributed by atoms with van der Waals surface area (Å²) in [5.41, 5.74) is 2.29. The number of fused-ring (bicyclic) bond motifs is 1. The molecule has 0 saturated heterocycles. The lowest BCUT2D eigenvalue weighted by atomic mass is 10.1. The normalized spacial score (nSPS) is 13.8. The predicted molar refractivity (Wildman–Crippen MR) is 122 cm³/mol. The minimum Gasteiger partial charge on any atom is -0.486 e. The maximum Gasteiger partial charge on any atom is 0.261 e. The van der Waals surface area contributed by atoms with E-state index in [1.165, 1.54) is 12.1 Å². The third-order valence-corrected chi connectivity index (χ3v) is 6.59. The average Bonchev–Trinajstić information content (AvgIpc) is 2.80. The quantitative estimate of drug-likeness (QED) is 0.588. The molecule has 0 fully saturated rings. The van der Waals surface area contributed by atoms with Gasteiger partial charge in [-0.25, -0.2) is 8.42 Å². The van der Waals surface area contributed by atoms with Crippen LogP contribution in [0.25, 0.3) is 0 Å². The maximum atomic E-state index is 12.9. The first-order chi connectivity index (χ1) is 15.3. The van der Waals surface area contributed by atoms with Gasteiger partial charge in [0.1, 0.15) is 13.2 Å². The van der Waals surface area contributed by atoms with Gasteiger partial charge >= 0.3 is 0 Å². The summed E-state index contributed by atoms with van der Waals surface area (Å²) in [6.45, 7) is 4.66. The summed E-state index contributed by atoms with van der Waals surface area (Å²) in [6, 6.07) is 18.3. The molecule has 32 heavy (non-hydrogen) atoms. The molecule has 2 N–H and O–H groups in total. The molecule has 1 heterocycles. The van der Waals surface area contributed by atoms with E-state index in [-0.39, 0.29) is 16.8 Å². The molecule has 8 heteroatoms. The van der Waals surface area contributed by atoms with Crippen molar-refractivity contribution in [2.24, 2.45) is 0 Å². The van der Waals surface area contributed by atoms with E-state index in [0.717, 1.165) is 5.56 Å². The zero-order valence-electron chi connectivity index (χ0n) is 17.8. The topological polar surface area (TPSA) is 93.7 Å². The van der Waals surface area contributed by atoms with Crippen molar-refractivity contribution >= 4 is 21.6 Å². The van der Waals surface area contributed by atoms with E-state index in [4.69, 9.17) is 9.47 Å². The molecule has 0 aromatic heterocycles. The Morgan fingerprint density at radius 1 is 0.938 bits per heavy atom. The highest BCUT2D eigenvalue weighted by Gasteiger charge is 2.19. The monoisotopic (exact) mass is 452 g/mol. The minimum absolute atomic E-state index is 0.154. The van der Waals surface area contributed by atoms with E-state index in [0.29, 0.717) is 41.5 Å². The number of ether oxygens (including phenoxy) is 2. The molecule has 7 nitrogen and oxygen atoms in total. The fourth-order valence-corrected chi connectivity index (χ4v) is 4.51. The Hall–Kier alpha value is -3.52. The number of rotatable bonds is 6. The molecule has 1 atom stereocenters. The van der Waals surface area contributed by atoms with Crippen LogP contribution in [0, 0.1) is 6.92 Å². The first-order valence-corrected chi connectivity index (χ1v) is 11.7. The Bertz CT molecular complexity index is 1240. The second-order valence-corrected chi connectivity index (χ2v) is 9.23. The van der Waals surface area contributed by atoms with Gasteiger partial charge in [-0.2, -0.15) is 0 Å². The van der Waals surface area contributed by atoms with Crippen LogP contribution in [-0.4, -0.2) is 27.5 Å². The van der Waals surface area contributed by atoms with E-state index in [2.05, 4.69) is 10.0 Å². The largest absolute Gasteiger partial charge is 0.486 e. The Morgan fingerprint density at radius 3 is 2.41 bits per heavy atom. The van der Waals surface area contributed by atoms with Crippen LogP contribution in [0.1, 0.15) is 34.5 Å². The predicted octanol–water partition coefficient (Wildman–Crippen LogP) is 4.06. The summed E-state index contributed by atoms with van der Waals surface area (Å²) in [5, 5.41) is 2.95. The van der Waals surface area contributed by atoms with Crippen LogP contribution in [0.5, 0.6) is 11.5 Å². The van der Waals surface area contributed by atoms with Crippen molar-refractivity contribution < 1.29 is 22.7 Å². The average molecular weight is 453 g/mol. The van der Waals surface area contributed by atoms with Crippen molar-refractivity contribution in [1.82, 2.24) is 5.32 Å². The van der Waals surface area contributed by atoms with E-state index >= 15 is 0 Å². The molecule has 0 saturated carbocycles. The van der Waals surface area contributed by atoms with Gasteiger partial charge in [-0.1, -0.05) is 30.3 Å². The number of aryl methyl sites for hydroxylation is 1. The molecule has 1 amide bonds. The number of sulfonamides is 1. The SMILES string of the molecule is Cc1ccc(C(=O)N[C@H](C)c2ccc3c(c2)OCCO3)cc1NS(=O)(=O)c1ccccc1. The lowest BCUT2D eigenvalue weighted by Gasteiger charge is -2.21. The lowest BCUT2D eigenvalue weighted by molar-refractivity contribution is 0.0939. The summed E-state index contributed by atoms with van der Waals surface area (Å²) in [4.78, 5) is 13.0. The van der Waals surface area contributed by atoms with Gasteiger partial charge in [0.15, 0.2) is 11.5 Å². The molecule has 3 aromatic rings. The Kier molecular flexibility index (Phi) is 6.05. The first kappa shape index (κ1) is 21.7. The number of anilines is 1. The number of hydrogen-bond acceptors (Lipinski definition) is 5. The Labute approximate surface area is 187 Å². The van der Waals surface area contributed by atoms with Crippen LogP contribution >= 0.6 is 0 Å². The second kappa shape index (κ2) is 8.92. The molecular weight excluding hydrogens is 428 g/mol. The fourth-order valence-electron chi connectivity index (χ4n) is 3.37. The summed E-state index contributed by atoms with van der Waals surface area (Å²) in [5.74, 6) is 1.03. The van der Waals surface area contributed by atoms with Gasteiger partial charge in [0.2, 0.25) is 0 Å². The summed E-state index contributed by atoms with van der Waals surface area (Å²) in [6.07, 6.45) is 0. The zero-order valence-corrected chi connectivity index (χ0v) is 18.6. The van der Waals surface area contributed by atoms with Crippen molar-refractivity contribution in [3.05, 3.63) is 83.4 Å². The van der Waals surface area contributed by atoms with Gasteiger partial charge in [0.25, 0.3) is 15.9 Å². The number of hydrogen-bond donors (Lipinski definition) is 2. The molecule has 0 aliphatic carbocycles. The van der Waals surface area contributed by atoms with E-state index in [1.54, 1.807) is 43.3 Å². The number of nitrogens with one attached hydrogen (secondary N) is 2. The number of carbonyl (C=O) groups excluding carboxylic acids is 1. The maximum absolute atomic E-state index is 12.9. The second-order valence-electron chi connectivity index (χ2n) is 7.55. The summed E-state index contributed by atoms with van der Waals surface area (Å²) in [7, 11) is -3.76. The molecule has 1 aliphatic heterocycles. The van der Waals surface area contributed by atoms with Crippen molar-refractivity contribution in [2.45, 2.75) is 24.8 Å². The van der Waals surface area contributed by atoms with Crippen LogP contribution < -0.4 is 19.5 Å². The van der Waals surface area contributed by atoms with Gasteiger partial charge in [-0.05, 0) is 61.4 Å². The van der Waals surface area contributed by atoms with Gasteiger partial charge in [-0.3, -0.25) is 9.52 Å². The summed E-state index contributed by atoms with van der Waals surface area (Å²) >= 11 is 0. The smallest absolute Gasteiger partial charge is 0.261 e. The van der Waals surface area contributed by atoms with E-state index < -0.39 is 10.0 Å². The van der Waals surface area contributed by atoms with Gasteiger partial charge in [0, 0.05) is 5.56 Å². The lowest BCUT2D eigenvalue weighted by Crippen LogP contribution is -2.27. The van der Waals surface area contributed by atoms with Crippen LogP contribution in [0.15, 0.2) is 71.6 Å². The summed E-state index contributed by atoms with van der Waals surface area (Å²) < 4.78 is 39.1. The molecule has 166 valence electrons. The fraction of sp³-hybridized carbons (Fsp3) is 0.208. The van der Waals surface area contributed by atoms with Crippen LogP contribution in [-0.2, 0) is 10.0 Å². The van der Waals surface area contributed by atoms with Gasteiger partial charge in [-0.15, -0.1) is 0 Å². The van der Waals surface area contributed by atoms with Crippen LogP contribution in [0.4, 0.5) is 5.69 Å². The highest BCUT2D eigenvalue weighted by Crippen LogP contribution is 2.32. The zero-order chi connectivity index (χ0) is 22.7. The van der Waals surface area contributed by atoms with E-state index in [9.17, 15) is 13.2 Å². The first-order valence-electron chi connectivity index (χ1n) is 10.2. The molecule has 0 bridgehead atoms. The highest BCUT2D eigenvalue weighted by atomic mass is 32.2. The molecule has 0 spiro atoms. The van der Waals surface area contributed by atoms with Crippen molar-refractivity contribution in [3.8, 4) is 11.5 Å². The van der Waals surface area contributed by atoms with E-state index in [1.807, 2.05) is 25.1 Å². The molecule has 4 rings (SSSR count). The molecule has 0 radical (unpaired) electrons. The minimum atomic E-state index is -3.76. The van der Waals surface area contributed by atoms with Crippen LogP contribution in [0.2, 0.25) is 0 Å². The molecule has 1 aliphatic rings. The molecule has 0 unspecified atom stereocenters. The Balaban J connectivity index is 1.51. The standard InChI is InChI=1S/C24H24N2O5S/c1-16-8-9-19(14-21(16)26-32(28,29)20-6-4-3-5-7-20)24(27)25-17(2)18-10-11-22-23(15-18)31-13-12-30-22/h3-11,14-15,17,26H,12-13H2,1-2H3,(H,25,27)/t17-/m1/s1. The van der Waals surface area contributed by atoms with Crippen LogP contribution in [0.3, 0.4) is 0 Å². The van der Waals surface area contributed by atoms with Crippen molar-refractivity contribution in [3.63, 3.8) is 0 Å². The van der Waals surface area contributed by atoms with Crippen molar-refractivity contribution in [1.29, 1.82) is 0 Å². The Morgan fingerprint density at radius 2 is 1.66 bits per heavy atom. The number of amides is 1. The third-order valence-electron chi connectivity index (χ3n) is 5.21. The van der Waals surface area contributed by atoms with Gasteiger partial charge in [0.05, 0.1) is 16.6 Å². The third kappa shape index (κ3) is 4.70. The van der Waals surface area contributed by atoms with Crippen molar-refractivity contribution in [2.75, 3.05) is 17.9 Å². The number of carbonyl (C=O) groups is 1. The molecular formula is C24H24N2O5S. The molecule has 3 aromatic carbocycles.